The number of aromatic nitrogens is 1. The van der Waals surface area contributed by atoms with Crippen LogP contribution in [0.1, 0.15) is 34.3 Å². The molecule has 0 bridgehead atoms. The number of hydrogen-bond donors (Lipinski definition) is 2. The SMILES string of the molecule is CCN(Cc1nc(-c2ccc(C(=O)NC)cc2)oc1C)c1ccc(C(O)(C(F)(F)F)C(F)(F)F)cc1. The molecule has 1 aromatic heterocycles. The van der Waals surface area contributed by atoms with E-state index in [1.165, 1.54) is 7.05 Å². The molecule has 0 atom stereocenters. The van der Waals surface area contributed by atoms with Crippen LogP contribution in [0, 0.1) is 6.92 Å². The lowest BCUT2D eigenvalue weighted by Gasteiger charge is -2.33. The molecular weight excluding hydrogens is 492 g/mol. The van der Waals surface area contributed by atoms with Gasteiger partial charge < -0.3 is 19.7 Å². The van der Waals surface area contributed by atoms with Gasteiger partial charge in [-0.15, -0.1) is 0 Å². The molecule has 0 saturated heterocycles. The van der Waals surface area contributed by atoms with E-state index < -0.39 is 23.5 Å². The third-order valence-corrected chi connectivity index (χ3v) is 5.71. The molecule has 6 nitrogen and oxygen atoms in total. The van der Waals surface area contributed by atoms with Gasteiger partial charge in [-0.3, -0.25) is 4.79 Å². The monoisotopic (exact) mass is 515 g/mol. The number of benzene rings is 2. The molecule has 0 radical (unpaired) electrons. The highest BCUT2D eigenvalue weighted by Gasteiger charge is 2.71. The van der Waals surface area contributed by atoms with Gasteiger partial charge in [0.05, 0.1) is 6.54 Å². The van der Waals surface area contributed by atoms with E-state index >= 15 is 0 Å². The van der Waals surface area contributed by atoms with Crippen LogP contribution in [-0.2, 0) is 12.1 Å². The van der Waals surface area contributed by atoms with Crippen LogP contribution in [-0.4, -0.2) is 41.9 Å². The molecule has 36 heavy (non-hydrogen) atoms. The number of halogens is 6. The van der Waals surface area contributed by atoms with Crippen LogP contribution in [0.25, 0.3) is 11.5 Å². The molecule has 0 fully saturated rings. The number of hydrogen-bond acceptors (Lipinski definition) is 5. The van der Waals surface area contributed by atoms with Crippen molar-refractivity contribution in [3.05, 3.63) is 71.1 Å². The Morgan fingerprint density at radius 3 is 2.03 bits per heavy atom. The van der Waals surface area contributed by atoms with Gasteiger partial charge in [0.25, 0.3) is 11.5 Å². The van der Waals surface area contributed by atoms with E-state index in [1.807, 2.05) is 0 Å². The maximum absolute atomic E-state index is 13.1. The van der Waals surface area contributed by atoms with Crippen molar-refractivity contribution in [1.82, 2.24) is 10.3 Å². The molecule has 2 N–H and O–H groups in total. The maximum Gasteiger partial charge on any atom is 0.430 e. The van der Waals surface area contributed by atoms with Gasteiger partial charge in [0, 0.05) is 36.0 Å². The largest absolute Gasteiger partial charge is 0.441 e. The van der Waals surface area contributed by atoms with Crippen molar-refractivity contribution in [3.8, 4) is 11.5 Å². The zero-order chi connectivity index (χ0) is 26.9. The van der Waals surface area contributed by atoms with E-state index in [1.54, 1.807) is 43.0 Å². The standard InChI is InChI=1S/C24H23F6N3O3/c1-4-33(18-11-9-17(10-12-18)22(35,23(25,26)27)24(28,29)30)13-19-14(2)36-21(32-19)16-7-5-15(6-8-16)20(34)31-3/h5-12,35H,4,13H2,1-3H3,(H,31,34). The van der Waals surface area contributed by atoms with E-state index in [2.05, 4.69) is 10.3 Å². The molecule has 0 aliphatic carbocycles. The molecule has 12 heteroatoms. The van der Waals surface area contributed by atoms with Crippen molar-refractivity contribution < 1.29 is 40.7 Å². The van der Waals surface area contributed by atoms with Gasteiger partial charge >= 0.3 is 12.4 Å². The Labute approximate surface area is 202 Å². The average molecular weight is 515 g/mol. The van der Waals surface area contributed by atoms with Gasteiger partial charge in [-0.25, -0.2) is 4.98 Å². The van der Waals surface area contributed by atoms with Crippen LogP contribution in [0.5, 0.6) is 0 Å². The maximum atomic E-state index is 13.1. The molecular formula is C24H23F6N3O3. The summed E-state index contributed by atoms with van der Waals surface area (Å²) in [6.07, 6.45) is -11.9. The summed E-state index contributed by atoms with van der Waals surface area (Å²) in [5, 5.41) is 12.1. The second kappa shape index (κ2) is 9.84. The van der Waals surface area contributed by atoms with Crippen molar-refractivity contribution in [3.63, 3.8) is 0 Å². The Balaban J connectivity index is 1.85. The van der Waals surface area contributed by atoms with Crippen molar-refractivity contribution in [2.45, 2.75) is 38.3 Å². The lowest BCUT2D eigenvalue weighted by atomic mass is 9.92. The number of carbonyl (C=O) groups is 1. The lowest BCUT2D eigenvalue weighted by molar-refractivity contribution is -0.376. The summed E-state index contributed by atoms with van der Waals surface area (Å²) in [6, 6.07) is 9.91. The Kier molecular flexibility index (Phi) is 7.40. The molecule has 1 amide bonds. The summed E-state index contributed by atoms with van der Waals surface area (Å²) in [6.45, 7) is 3.94. The van der Waals surface area contributed by atoms with Crippen LogP contribution in [0.3, 0.4) is 0 Å². The van der Waals surface area contributed by atoms with Crippen LogP contribution in [0.15, 0.2) is 52.9 Å². The lowest BCUT2D eigenvalue weighted by Crippen LogP contribution is -2.53. The number of anilines is 1. The molecule has 194 valence electrons. The first kappa shape index (κ1) is 27.1. The minimum atomic E-state index is -5.95. The van der Waals surface area contributed by atoms with Gasteiger partial charge in [-0.2, -0.15) is 26.3 Å². The Hall–Kier alpha value is -3.54. The third-order valence-electron chi connectivity index (χ3n) is 5.71. The van der Waals surface area contributed by atoms with Crippen LogP contribution in [0.4, 0.5) is 32.0 Å². The first-order valence-corrected chi connectivity index (χ1v) is 10.7. The fourth-order valence-electron chi connectivity index (χ4n) is 3.57. The number of aryl methyl sites for hydroxylation is 1. The van der Waals surface area contributed by atoms with Crippen molar-refractivity contribution in [1.29, 1.82) is 0 Å². The molecule has 3 aromatic rings. The second-order valence-electron chi connectivity index (χ2n) is 7.95. The fourth-order valence-corrected chi connectivity index (χ4v) is 3.57. The molecule has 0 aliphatic heterocycles. The molecule has 1 heterocycles. The van der Waals surface area contributed by atoms with Gasteiger partial charge in [-0.05, 0) is 50.2 Å². The van der Waals surface area contributed by atoms with Gasteiger partial charge in [0.2, 0.25) is 5.89 Å². The first-order valence-electron chi connectivity index (χ1n) is 10.7. The average Bonchev–Trinajstić information content (AvgIpc) is 3.20. The number of nitrogens with one attached hydrogen (secondary N) is 1. The molecule has 0 spiro atoms. The zero-order valence-electron chi connectivity index (χ0n) is 19.5. The predicted molar refractivity (Wildman–Crippen MR) is 119 cm³/mol. The van der Waals surface area contributed by atoms with E-state index in [0.29, 0.717) is 46.9 Å². The number of nitrogens with zero attached hydrogens (tertiary/aromatic N) is 2. The molecule has 0 saturated carbocycles. The van der Waals surface area contributed by atoms with E-state index in [9.17, 15) is 36.2 Å². The van der Waals surface area contributed by atoms with Gasteiger partial charge in [-0.1, -0.05) is 12.1 Å². The summed E-state index contributed by atoms with van der Waals surface area (Å²) in [5.74, 6) is 0.510. The third kappa shape index (κ3) is 5.03. The van der Waals surface area contributed by atoms with Crippen LogP contribution >= 0.6 is 0 Å². The molecule has 3 rings (SSSR count). The van der Waals surface area contributed by atoms with Crippen molar-refractivity contribution in [2.24, 2.45) is 0 Å². The first-order chi connectivity index (χ1) is 16.7. The number of carbonyl (C=O) groups excluding carboxylic acids is 1. The minimum absolute atomic E-state index is 0.157. The molecule has 0 unspecified atom stereocenters. The summed E-state index contributed by atoms with van der Waals surface area (Å²) < 4.78 is 84.6. The summed E-state index contributed by atoms with van der Waals surface area (Å²) >= 11 is 0. The highest BCUT2D eigenvalue weighted by molar-refractivity contribution is 5.94. The summed E-state index contributed by atoms with van der Waals surface area (Å²) in [7, 11) is 1.51. The summed E-state index contributed by atoms with van der Waals surface area (Å²) in [4.78, 5) is 17.8. The Morgan fingerprint density at radius 1 is 1.00 bits per heavy atom. The van der Waals surface area contributed by atoms with Crippen LogP contribution < -0.4 is 10.2 Å². The second-order valence-corrected chi connectivity index (χ2v) is 7.95. The number of alkyl halides is 6. The predicted octanol–water partition coefficient (Wildman–Crippen LogP) is 5.35. The quantitative estimate of drug-likeness (QED) is 0.415. The number of oxazole rings is 1. The number of amides is 1. The van der Waals surface area contributed by atoms with E-state index in [-0.39, 0.29) is 18.3 Å². The molecule has 0 aliphatic rings. The van der Waals surface area contributed by atoms with E-state index in [0.717, 1.165) is 12.1 Å². The Morgan fingerprint density at radius 2 is 1.56 bits per heavy atom. The van der Waals surface area contributed by atoms with Crippen molar-refractivity contribution in [2.75, 3.05) is 18.5 Å². The smallest absolute Gasteiger partial charge is 0.430 e. The number of rotatable bonds is 7. The van der Waals surface area contributed by atoms with Gasteiger partial charge in [0.1, 0.15) is 11.5 Å². The molecule has 2 aromatic carbocycles. The Bertz CT molecular complexity index is 1190. The highest BCUT2D eigenvalue weighted by atomic mass is 19.4. The van der Waals surface area contributed by atoms with Gasteiger partial charge in [0.15, 0.2) is 0 Å². The van der Waals surface area contributed by atoms with E-state index in [4.69, 9.17) is 4.42 Å². The fraction of sp³-hybridized carbons (Fsp3) is 0.333. The normalized spacial score (nSPS) is 12.5. The topological polar surface area (TPSA) is 78.6 Å². The summed E-state index contributed by atoms with van der Waals surface area (Å²) in [5.41, 5.74) is -4.42. The van der Waals surface area contributed by atoms with Crippen molar-refractivity contribution >= 4 is 11.6 Å². The minimum Gasteiger partial charge on any atom is -0.441 e. The number of aliphatic hydroxyl groups is 1. The van der Waals surface area contributed by atoms with Crippen LogP contribution in [0.2, 0.25) is 0 Å². The highest BCUT2D eigenvalue weighted by Crippen LogP contribution is 2.50. The zero-order valence-corrected chi connectivity index (χ0v) is 19.5.